The molecule has 0 aromatic rings. The topological polar surface area (TPSA) is 3.24 Å². The molecule has 0 radical (unpaired) electrons. The van der Waals surface area contributed by atoms with Crippen molar-refractivity contribution in [1.82, 2.24) is 4.90 Å². The molecule has 1 aliphatic rings. The van der Waals surface area contributed by atoms with Crippen LogP contribution in [0.15, 0.2) is 0 Å². The van der Waals surface area contributed by atoms with Gasteiger partial charge in [0.05, 0.1) is 0 Å². The average Bonchev–Trinajstić information content (AvgIpc) is 1.92. The van der Waals surface area contributed by atoms with E-state index in [9.17, 15) is 17.3 Å². The lowest BCUT2D eigenvalue weighted by Crippen LogP contribution is -2.33. The zero-order chi connectivity index (χ0) is 10.5. The third-order valence-corrected chi connectivity index (χ3v) is 2.14. The Balaban J connectivity index is 0.000000252. The molecule has 13 heavy (non-hydrogen) atoms. The summed E-state index contributed by atoms with van der Waals surface area (Å²) >= 11 is 0. The van der Waals surface area contributed by atoms with Crippen LogP contribution in [0.5, 0.6) is 0 Å². The number of halogens is 4. The molecule has 1 fully saturated rings. The zero-order valence-electron chi connectivity index (χ0n) is 7.94. The van der Waals surface area contributed by atoms with E-state index in [0.29, 0.717) is 0 Å². The highest BCUT2D eigenvalue weighted by Gasteiger charge is 2.20. The lowest BCUT2D eigenvalue weighted by atomic mass is 10.1. The molecular formula is C7H15BF4N-. The van der Waals surface area contributed by atoms with Crippen LogP contribution in [0.1, 0.15) is 26.2 Å². The molecule has 1 aliphatic heterocycles. The van der Waals surface area contributed by atoms with Gasteiger partial charge >= 0.3 is 7.25 Å². The average molecular weight is 200 g/mol. The molecular weight excluding hydrogens is 185 g/mol. The molecule has 0 aromatic carbocycles. The molecule has 1 heterocycles. The Morgan fingerprint density at radius 1 is 1.15 bits per heavy atom. The molecule has 0 spiro atoms. The Bertz CT molecular complexity index is 123. The van der Waals surface area contributed by atoms with E-state index in [0.717, 1.165) is 6.04 Å². The third-order valence-electron chi connectivity index (χ3n) is 2.14. The Kier molecular flexibility index (Phi) is 5.36. The normalized spacial score (nSPS) is 24.9. The predicted octanol–water partition coefficient (Wildman–Crippen LogP) is 2.79. The Morgan fingerprint density at radius 3 is 1.85 bits per heavy atom. The van der Waals surface area contributed by atoms with E-state index < -0.39 is 7.25 Å². The van der Waals surface area contributed by atoms with Crippen LogP contribution < -0.4 is 0 Å². The van der Waals surface area contributed by atoms with Crippen molar-refractivity contribution in [1.29, 1.82) is 0 Å². The molecule has 6 heteroatoms. The maximum atomic E-state index is 9.75. The number of likely N-dealkylation sites (tertiary alicyclic amines) is 1. The van der Waals surface area contributed by atoms with Crippen molar-refractivity contribution in [3.05, 3.63) is 0 Å². The zero-order valence-corrected chi connectivity index (χ0v) is 7.94. The van der Waals surface area contributed by atoms with Crippen molar-refractivity contribution < 1.29 is 17.3 Å². The summed E-state index contributed by atoms with van der Waals surface area (Å²) in [4.78, 5) is 2.43. The van der Waals surface area contributed by atoms with E-state index >= 15 is 0 Å². The summed E-state index contributed by atoms with van der Waals surface area (Å²) in [6.45, 7) is 3.61. The molecule has 0 saturated carbocycles. The lowest BCUT2D eigenvalue weighted by Gasteiger charge is -2.29. The van der Waals surface area contributed by atoms with Crippen LogP contribution in [-0.2, 0) is 0 Å². The van der Waals surface area contributed by atoms with Crippen LogP contribution in [0.2, 0.25) is 0 Å². The van der Waals surface area contributed by atoms with Crippen LogP contribution in [0, 0.1) is 0 Å². The van der Waals surface area contributed by atoms with Gasteiger partial charge < -0.3 is 22.2 Å². The van der Waals surface area contributed by atoms with Crippen molar-refractivity contribution in [2.75, 3.05) is 13.6 Å². The smallest absolute Gasteiger partial charge is 0.418 e. The van der Waals surface area contributed by atoms with Gasteiger partial charge in [0.15, 0.2) is 0 Å². The maximum Gasteiger partial charge on any atom is 0.673 e. The van der Waals surface area contributed by atoms with Gasteiger partial charge in [-0.15, -0.1) is 0 Å². The number of nitrogens with zero attached hydrogens (tertiary/aromatic N) is 1. The summed E-state index contributed by atoms with van der Waals surface area (Å²) in [5.41, 5.74) is 0. The summed E-state index contributed by atoms with van der Waals surface area (Å²) in [6.07, 6.45) is 4.24. The highest BCUT2D eigenvalue weighted by atomic mass is 19.5. The minimum atomic E-state index is -6.00. The first kappa shape index (κ1) is 12.7. The van der Waals surface area contributed by atoms with Crippen LogP contribution >= 0.6 is 0 Å². The fourth-order valence-electron chi connectivity index (χ4n) is 1.24. The monoisotopic (exact) mass is 200 g/mol. The molecule has 1 rings (SSSR count). The van der Waals surface area contributed by atoms with Gasteiger partial charge in [0, 0.05) is 6.04 Å². The second-order valence-corrected chi connectivity index (χ2v) is 3.32. The fourth-order valence-corrected chi connectivity index (χ4v) is 1.24. The van der Waals surface area contributed by atoms with Gasteiger partial charge in [-0.2, -0.15) is 0 Å². The van der Waals surface area contributed by atoms with Gasteiger partial charge in [-0.25, -0.2) is 0 Å². The molecule has 1 unspecified atom stereocenters. The second-order valence-electron chi connectivity index (χ2n) is 3.32. The summed E-state index contributed by atoms with van der Waals surface area (Å²) < 4.78 is 39.0. The van der Waals surface area contributed by atoms with Crippen LogP contribution in [0.4, 0.5) is 17.3 Å². The second kappa shape index (κ2) is 5.47. The minimum absolute atomic E-state index is 0.837. The summed E-state index contributed by atoms with van der Waals surface area (Å²) in [7, 11) is -3.79. The Morgan fingerprint density at radius 2 is 1.62 bits per heavy atom. The number of rotatable bonds is 0. The van der Waals surface area contributed by atoms with E-state index in [1.165, 1.54) is 25.8 Å². The first-order valence-corrected chi connectivity index (χ1v) is 4.38. The van der Waals surface area contributed by atoms with Crippen LogP contribution in [0.25, 0.3) is 0 Å². The van der Waals surface area contributed by atoms with Gasteiger partial charge in [-0.3, -0.25) is 0 Å². The number of hydrogen-bond donors (Lipinski definition) is 0. The quantitative estimate of drug-likeness (QED) is 0.429. The molecule has 0 bridgehead atoms. The van der Waals surface area contributed by atoms with Crippen molar-refractivity contribution in [3.8, 4) is 0 Å². The van der Waals surface area contributed by atoms with Gasteiger partial charge in [0.1, 0.15) is 0 Å². The van der Waals surface area contributed by atoms with Crippen LogP contribution in [-0.4, -0.2) is 31.8 Å². The highest BCUT2D eigenvalue weighted by Crippen LogP contribution is 2.13. The molecule has 1 atom stereocenters. The van der Waals surface area contributed by atoms with Gasteiger partial charge in [-0.05, 0) is 33.4 Å². The van der Waals surface area contributed by atoms with Crippen molar-refractivity contribution in [3.63, 3.8) is 0 Å². The van der Waals surface area contributed by atoms with Crippen molar-refractivity contribution in [2.24, 2.45) is 0 Å². The van der Waals surface area contributed by atoms with Crippen LogP contribution in [0.3, 0.4) is 0 Å². The summed E-state index contributed by atoms with van der Waals surface area (Å²) in [5.74, 6) is 0. The number of hydrogen-bond acceptors (Lipinski definition) is 1. The molecule has 0 N–H and O–H groups in total. The standard InChI is InChI=1S/C7H15N.BF4/c1-7-5-3-4-6-8(7)2;2-1(3,4)5/h7H,3-6H2,1-2H3;/q;-1. The number of piperidine rings is 1. The summed E-state index contributed by atoms with van der Waals surface area (Å²) in [5, 5.41) is 0. The van der Waals surface area contributed by atoms with E-state index in [2.05, 4.69) is 18.9 Å². The van der Waals surface area contributed by atoms with Gasteiger partial charge in [0.2, 0.25) is 0 Å². The predicted molar refractivity (Wildman–Crippen MR) is 46.1 cm³/mol. The third kappa shape index (κ3) is 9.66. The van der Waals surface area contributed by atoms with Crippen molar-refractivity contribution in [2.45, 2.75) is 32.2 Å². The molecule has 1 nitrogen and oxygen atoms in total. The highest BCUT2D eigenvalue weighted by molar-refractivity contribution is 6.50. The molecule has 80 valence electrons. The SMILES string of the molecule is CC1CCCCN1C.F[B-](F)(F)F. The van der Waals surface area contributed by atoms with E-state index in [1.807, 2.05) is 0 Å². The lowest BCUT2D eigenvalue weighted by molar-refractivity contribution is 0.200. The van der Waals surface area contributed by atoms with E-state index in [-0.39, 0.29) is 0 Å². The van der Waals surface area contributed by atoms with E-state index in [4.69, 9.17) is 0 Å². The molecule has 0 aromatic heterocycles. The van der Waals surface area contributed by atoms with Crippen molar-refractivity contribution >= 4 is 7.25 Å². The first-order chi connectivity index (χ1) is 5.80. The van der Waals surface area contributed by atoms with E-state index in [1.54, 1.807) is 0 Å². The summed E-state index contributed by atoms with van der Waals surface area (Å²) in [6, 6.07) is 0.837. The minimum Gasteiger partial charge on any atom is -0.418 e. The fraction of sp³-hybridized carbons (Fsp3) is 1.00. The maximum absolute atomic E-state index is 9.75. The Labute approximate surface area is 76.2 Å². The molecule has 0 amide bonds. The largest absolute Gasteiger partial charge is 0.673 e. The molecule has 1 saturated heterocycles. The molecule has 0 aliphatic carbocycles. The van der Waals surface area contributed by atoms with Gasteiger partial charge in [0.25, 0.3) is 0 Å². The Hall–Kier alpha value is -0.255. The van der Waals surface area contributed by atoms with Gasteiger partial charge in [-0.1, -0.05) is 6.42 Å². The first-order valence-electron chi connectivity index (χ1n) is 4.38.